The van der Waals surface area contributed by atoms with Crippen LogP contribution in [0.4, 0.5) is 5.69 Å². The molecule has 3 nitrogen and oxygen atoms in total. The predicted molar refractivity (Wildman–Crippen MR) is 68.4 cm³/mol. The second-order valence-electron chi connectivity index (χ2n) is 3.69. The second kappa shape index (κ2) is 4.97. The number of hydrogen-bond donors (Lipinski definition) is 1. The van der Waals surface area contributed by atoms with E-state index in [2.05, 4.69) is 10.3 Å². The summed E-state index contributed by atoms with van der Waals surface area (Å²) in [6.07, 6.45) is 1.45. The number of hydrogen-bond acceptors (Lipinski definition) is 2. The summed E-state index contributed by atoms with van der Waals surface area (Å²) in [5.41, 5.74) is 2.35. The molecular weight excluding hydrogens is 236 g/mol. The van der Waals surface area contributed by atoms with Crippen molar-refractivity contribution >= 4 is 23.2 Å². The Morgan fingerprint density at radius 1 is 1.29 bits per heavy atom. The van der Waals surface area contributed by atoms with Crippen molar-refractivity contribution in [1.29, 1.82) is 0 Å². The van der Waals surface area contributed by atoms with Crippen LogP contribution < -0.4 is 5.32 Å². The molecular formula is C13H11ClN2O. The lowest BCUT2D eigenvalue weighted by Gasteiger charge is -2.05. The molecule has 4 heteroatoms. The van der Waals surface area contributed by atoms with Crippen molar-refractivity contribution < 1.29 is 4.79 Å². The molecule has 1 amide bonds. The molecule has 1 aromatic heterocycles. The quantitative estimate of drug-likeness (QED) is 0.826. The van der Waals surface area contributed by atoms with Gasteiger partial charge in [0.1, 0.15) is 5.15 Å². The number of amides is 1. The number of carbonyl (C=O) groups excluding carboxylic acids is 1. The Bertz CT molecular complexity index is 537. The highest BCUT2D eigenvalue weighted by atomic mass is 35.5. The highest BCUT2D eigenvalue weighted by Gasteiger charge is 2.06. The topological polar surface area (TPSA) is 42.0 Å². The highest BCUT2D eigenvalue weighted by molar-refractivity contribution is 6.29. The first kappa shape index (κ1) is 11.6. The van der Waals surface area contributed by atoms with Crippen LogP contribution in [0.15, 0.2) is 42.6 Å². The molecule has 0 aliphatic heterocycles. The Balaban J connectivity index is 2.14. The molecule has 0 fully saturated rings. The van der Waals surface area contributed by atoms with Crippen LogP contribution in [0, 0.1) is 6.92 Å². The van der Waals surface area contributed by atoms with E-state index >= 15 is 0 Å². The number of nitrogens with one attached hydrogen (secondary N) is 1. The lowest BCUT2D eigenvalue weighted by molar-refractivity contribution is 0.102. The average Bonchev–Trinajstić information content (AvgIpc) is 2.29. The molecule has 0 unspecified atom stereocenters. The molecule has 2 aromatic rings. The van der Waals surface area contributed by atoms with Crippen LogP contribution in [-0.4, -0.2) is 10.9 Å². The van der Waals surface area contributed by atoms with Gasteiger partial charge < -0.3 is 5.32 Å². The molecule has 0 saturated heterocycles. The molecule has 1 N–H and O–H groups in total. The summed E-state index contributed by atoms with van der Waals surface area (Å²) in [7, 11) is 0. The molecule has 0 atom stereocenters. The van der Waals surface area contributed by atoms with Crippen LogP contribution in [0.25, 0.3) is 0 Å². The van der Waals surface area contributed by atoms with Gasteiger partial charge in [0.2, 0.25) is 0 Å². The van der Waals surface area contributed by atoms with Crippen molar-refractivity contribution in [2.75, 3.05) is 5.32 Å². The third kappa shape index (κ3) is 3.04. The zero-order valence-corrected chi connectivity index (χ0v) is 10.0. The van der Waals surface area contributed by atoms with Crippen LogP contribution in [0.3, 0.4) is 0 Å². The Kier molecular flexibility index (Phi) is 3.40. The average molecular weight is 247 g/mol. The molecule has 1 heterocycles. The lowest BCUT2D eigenvalue weighted by Crippen LogP contribution is -2.12. The molecule has 86 valence electrons. The van der Waals surface area contributed by atoms with Crippen molar-refractivity contribution in [3.05, 3.63) is 58.9 Å². The summed E-state index contributed by atoms with van der Waals surface area (Å²) in [5, 5.41) is 3.17. The van der Waals surface area contributed by atoms with Gasteiger partial charge in [0, 0.05) is 11.9 Å². The van der Waals surface area contributed by atoms with E-state index < -0.39 is 0 Å². The minimum absolute atomic E-state index is 0.195. The number of anilines is 1. The number of rotatable bonds is 2. The highest BCUT2D eigenvalue weighted by Crippen LogP contribution is 2.12. The monoisotopic (exact) mass is 246 g/mol. The zero-order chi connectivity index (χ0) is 12.3. The van der Waals surface area contributed by atoms with Crippen LogP contribution >= 0.6 is 11.6 Å². The van der Waals surface area contributed by atoms with E-state index in [0.29, 0.717) is 10.7 Å². The van der Waals surface area contributed by atoms with Gasteiger partial charge in [-0.15, -0.1) is 0 Å². The smallest absolute Gasteiger partial charge is 0.257 e. The van der Waals surface area contributed by atoms with Crippen molar-refractivity contribution in [2.45, 2.75) is 6.92 Å². The van der Waals surface area contributed by atoms with Crippen LogP contribution in [0.5, 0.6) is 0 Å². The number of benzene rings is 1. The molecule has 0 aliphatic carbocycles. The first-order valence-corrected chi connectivity index (χ1v) is 5.52. The molecule has 1 aromatic carbocycles. The minimum Gasteiger partial charge on any atom is -0.322 e. The number of nitrogens with zero attached hydrogens (tertiary/aromatic N) is 1. The number of pyridine rings is 1. The van der Waals surface area contributed by atoms with Crippen molar-refractivity contribution in [3.63, 3.8) is 0 Å². The van der Waals surface area contributed by atoms with E-state index in [0.717, 1.165) is 11.3 Å². The second-order valence-corrected chi connectivity index (χ2v) is 4.08. The largest absolute Gasteiger partial charge is 0.322 e. The molecule has 0 aliphatic rings. The Morgan fingerprint density at radius 3 is 2.76 bits per heavy atom. The van der Waals surface area contributed by atoms with Gasteiger partial charge in [0.15, 0.2) is 0 Å². The molecule has 2 rings (SSSR count). The van der Waals surface area contributed by atoms with E-state index in [4.69, 9.17) is 11.6 Å². The Morgan fingerprint density at radius 2 is 2.12 bits per heavy atom. The minimum atomic E-state index is -0.195. The maximum atomic E-state index is 11.8. The van der Waals surface area contributed by atoms with Gasteiger partial charge in [-0.1, -0.05) is 23.7 Å². The van der Waals surface area contributed by atoms with E-state index in [1.165, 1.54) is 6.20 Å². The van der Waals surface area contributed by atoms with Crippen molar-refractivity contribution in [3.8, 4) is 0 Å². The van der Waals surface area contributed by atoms with E-state index in [1.807, 2.05) is 31.2 Å². The fourth-order valence-corrected chi connectivity index (χ4v) is 1.55. The van der Waals surface area contributed by atoms with E-state index in [1.54, 1.807) is 12.1 Å². The van der Waals surface area contributed by atoms with Gasteiger partial charge in [0.25, 0.3) is 5.91 Å². The first-order valence-electron chi connectivity index (χ1n) is 5.15. The predicted octanol–water partition coefficient (Wildman–Crippen LogP) is 3.30. The standard InChI is InChI=1S/C13H11ClN2O/c1-9-3-2-4-11(7-9)16-13(17)10-5-6-12(14)15-8-10/h2-8H,1H3,(H,16,17). The molecule has 0 radical (unpaired) electrons. The van der Waals surface area contributed by atoms with Gasteiger partial charge in [-0.05, 0) is 36.8 Å². The van der Waals surface area contributed by atoms with Crippen LogP contribution in [0.2, 0.25) is 5.15 Å². The van der Waals surface area contributed by atoms with Crippen molar-refractivity contribution in [2.24, 2.45) is 0 Å². The van der Waals surface area contributed by atoms with Gasteiger partial charge in [-0.2, -0.15) is 0 Å². The third-order valence-corrected chi connectivity index (χ3v) is 2.49. The molecule has 0 spiro atoms. The summed E-state index contributed by atoms with van der Waals surface area (Å²) < 4.78 is 0. The summed E-state index contributed by atoms with van der Waals surface area (Å²) in [6.45, 7) is 1.97. The lowest BCUT2D eigenvalue weighted by atomic mass is 10.2. The van der Waals surface area contributed by atoms with Gasteiger partial charge in [0.05, 0.1) is 5.56 Å². The van der Waals surface area contributed by atoms with E-state index in [9.17, 15) is 4.79 Å². The van der Waals surface area contributed by atoms with Gasteiger partial charge in [-0.25, -0.2) is 4.98 Å². The summed E-state index contributed by atoms with van der Waals surface area (Å²) >= 11 is 5.65. The third-order valence-electron chi connectivity index (χ3n) is 2.27. The fraction of sp³-hybridized carbons (Fsp3) is 0.0769. The first-order chi connectivity index (χ1) is 8.15. The zero-order valence-electron chi connectivity index (χ0n) is 9.27. The number of carbonyl (C=O) groups is 1. The summed E-state index contributed by atoms with van der Waals surface area (Å²) in [6, 6.07) is 10.8. The van der Waals surface area contributed by atoms with Gasteiger partial charge in [-0.3, -0.25) is 4.79 Å². The maximum absolute atomic E-state index is 11.8. The van der Waals surface area contributed by atoms with Crippen LogP contribution in [0.1, 0.15) is 15.9 Å². The molecule has 17 heavy (non-hydrogen) atoms. The van der Waals surface area contributed by atoms with Crippen molar-refractivity contribution in [1.82, 2.24) is 4.98 Å². The van der Waals surface area contributed by atoms with E-state index in [-0.39, 0.29) is 5.91 Å². The van der Waals surface area contributed by atoms with Gasteiger partial charge >= 0.3 is 0 Å². The SMILES string of the molecule is Cc1cccc(NC(=O)c2ccc(Cl)nc2)c1. The number of aryl methyl sites for hydroxylation is 1. The summed E-state index contributed by atoms with van der Waals surface area (Å²) in [4.78, 5) is 15.7. The van der Waals surface area contributed by atoms with Crippen LogP contribution in [-0.2, 0) is 0 Å². The fourth-order valence-electron chi connectivity index (χ4n) is 1.44. The Labute approximate surface area is 104 Å². The summed E-state index contributed by atoms with van der Waals surface area (Å²) in [5.74, 6) is -0.195. The normalized spacial score (nSPS) is 10.0. The Hall–Kier alpha value is -1.87. The maximum Gasteiger partial charge on any atom is 0.257 e. The number of halogens is 1. The number of aromatic nitrogens is 1. The molecule has 0 saturated carbocycles. The molecule has 0 bridgehead atoms.